The molecule has 0 saturated heterocycles. The molecule has 1 saturated carbocycles. The summed E-state index contributed by atoms with van der Waals surface area (Å²) < 4.78 is 4.89. The summed E-state index contributed by atoms with van der Waals surface area (Å²) in [6.45, 7) is 2.16. The maximum atomic E-state index is 12.3. The zero-order chi connectivity index (χ0) is 13.7. The van der Waals surface area contributed by atoms with Gasteiger partial charge in [0.15, 0.2) is 5.78 Å². The van der Waals surface area contributed by atoms with Gasteiger partial charge >= 0.3 is 5.97 Å². The van der Waals surface area contributed by atoms with Crippen molar-refractivity contribution in [2.75, 3.05) is 6.61 Å². The molecule has 0 aliphatic heterocycles. The lowest BCUT2D eigenvalue weighted by atomic mass is 9.84. The zero-order valence-corrected chi connectivity index (χ0v) is 11.4. The molecule has 19 heavy (non-hydrogen) atoms. The van der Waals surface area contributed by atoms with Gasteiger partial charge in [-0.3, -0.25) is 9.59 Å². The van der Waals surface area contributed by atoms with E-state index < -0.39 is 0 Å². The van der Waals surface area contributed by atoms with Gasteiger partial charge in [0.25, 0.3) is 0 Å². The van der Waals surface area contributed by atoms with Gasteiger partial charge in [-0.05, 0) is 25.8 Å². The summed E-state index contributed by atoms with van der Waals surface area (Å²) in [7, 11) is 0. The van der Waals surface area contributed by atoms with Crippen LogP contribution in [0.1, 0.15) is 55.1 Å². The van der Waals surface area contributed by atoms with Crippen LogP contribution in [-0.2, 0) is 16.0 Å². The molecule has 0 atom stereocenters. The first-order valence-corrected chi connectivity index (χ1v) is 7.08. The Morgan fingerprint density at radius 3 is 2.74 bits per heavy atom. The predicted octanol–water partition coefficient (Wildman–Crippen LogP) is 2.88. The molecule has 1 aliphatic carbocycles. The molecule has 1 fully saturated rings. The fourth-order valence-corrected chi connectivity index (χ4v) is 2.65. The Kier molecular flexibility index (Phi) is 4.77. The number of Topliss-reactive ketones (excluding diaryl/α,β-unsaturated/α-hetero) is 1. The first-order chi connectivity index (χ1) is 9.20. The number of rotatable bonds is 5. The van der Waals surface area contributed by atoms with E-state index in [1.807, 2.05) is 0 Å². The van der Waals surface area contributed by atoms with E-state index in [0.717, 1.165) is 31.4 Å². The Morgan fingerprint density at radius 2 is 2.05 bits per heavy atom. The van der Waals surface area contributed by atoms with Crippen LogP contribution in [0.25, 0.3) is 0 Å². The highest BCUT2D eigenvalue weighted by Crippen LogP contribution is 2.27. The molecule has 1 aliphatic rings. The Hall–Kier alpha value is -1.58. The van der Waals surface area contributed by atoms with Gasteiger partial charge in [-0.25, -0.2) is 0 Å². The van der Waals surface area contributed by atoms with E-state index in [2.05, 4.69) is 4.98 Å². The summed E-state index contributed by atoms with van der Waals surface area (Å²) in [4.78, 5) is 26.6. The highest BCUT2D eigenvalue weighted by atomic mass is 16.5. The van der Waals surface area contributed by atoms with Crippen molar-refractivity contribution in [1.82, 2.24) is 4.98 Å². The second kappa shape index (κ2) is 6.55. The van der Waals surface area contributed by atoms with Crippen LogP contribution in [0.4, 0.5) is 0 Å². The zero-order valence-electron chi connectivity index (χ0n) is 11.4. The minimum absolute atomic E-state index is 0.167. The molecule has 0 bridgehead atoms. The third-order valence-electron chi connectivity index (χ3n) is 3.64. The number of carbonyl (C=O) groups excluding carboxylic acids is 2. The summed E-state index contributed by atoms with van der Waals surface area (Å²) in [6.07, 6.45) is 7.45. The lowest BCUT2D eigenvalue weighted by Crippen LogP contribution is -2.17. The van der Waals surface area contributed by atoms with Crippen LogP contribution in [0.3, 0.4) is 0 Å². The summed E-state index contributed by atoms with van der Waals surface area (Å²) in [5.74, 6) is 0.118. The van der Waals surface area contributed by atoms with Crippen LogP contribution in [0.2, 0.25) is 0 Å². The molecule has 2 rings (SSSR count). The first kappa shape index (κ1) is 13.8. The summed E-state index contributed by atoms with van der Waals surface area (Å²) in [5, 5.41) is 0. The third-order valence-corrected chi connectivity index (χ3v) is 3.64. The number of H-pyrrole nitrogens is 1. The number of ketones is 1. The number of hydrogen-bond donors (Lipinski definition) is 1. The van der Waals surface area contributed by atoms with E-state index in [-0.39, 0.29) is 24.1 Å². The molecule has 4 nitrogen and oxygen atoms in total. The van der Waals surface area contributed by atoms with Crippen LogP contribution in [0.5, 0.6) is 0 Å². The molecule has 1 N–H and O–H groups in total. The lowest BCUT2D eigenvalue weighted by molar-refractivity contribution is -0.142. The van der Waals surface area contributed by atoms with E-state index in [1.165, 1.54) is 6.42 Å². The third kappa shape index (κ3) is 3.69. The topological polar surface area (TPSA) is 59.2 Å². The van der Waals surface area contributed by atoms with E-state index in [9.17, 15) is 9.59 Å². The molecular weight excluding hydrogens is 242 g/mol. The minimum Gasteiger partial charge on any atom is -0.466 e. The Labute approximate surface area is 113 Å². The average Bonchev–Trinajstić information content (AvgIpc) is 2.87. The van der Waals surface area contributed by atoms with Gasteiger partial charge < -0.3 is 9.72 Å². The SMILES string of the molecule is CCOC(=O)Cc1cc(C(=O)C2CCCCC2)c[nH]1. The number of aromatic nitrogens is 1. The maximum absolute atomic E-state index is 12.3. The number of hydrogen-bond acceptors (Lipinski definition) is 3. The van der Waals surface area contributed by atoms with Gasteiger partial charge in [0.1, 0.15) is 0 Å². The van der Waals surface area contributed by atoms with Gasteiger partial charge in [-0.15, -0.1) is 0 Å². The van der Waals surface area contributed by atoms with Gasteiger partial charge in [0, 0.05) is 23.4 Å². The minimum atomic E-state index is -0.263. The van der Waals surface area contributed by atoms with E-state index in [0.29, 0.717) is 12.2 Å². The Balaban J connectivity index is 1.95. The van der Waals surface area contributed by atoms with Crippen LogP contribution in [0, 0.1) is 5.92 Å². The number of esters is 1. The molecule has 1 aromatic rings. The van der Waals surface area contributed by atoms with Crippen molar-refractivity contribution < 1.29 is 14.3 Å². The Morgan fingerprint density at radius 1 is 1.32 bits per heavy atom. The number of carbonyl (C=O) groups is 2. The van der Waals surface area contributed by atoms with Crippen LogP contribution >= 0.6 is 0 Å². The van der Waals surface area contributed by atoms with Crippen LogP contribution in [0.15, 0.2) is 12.3 Å². The molecule has 0 aromatic carbocycles. The number of ether oxygens (including phenoxy) is 1. The molecular formula is C15H21NO3. The van der Waals surface area contributed by atoms with Crippen molar-refractivity contribution in [3.8, 4) is 0 Å². The summed E-state index contributed by atoms with van der Waals surface area (Å²) >= 11 is 0. The lowest BCUT2D eigenvalue weighted by Gasteiger charge is -2.19. The summed E-state index contributed by atoms with van der Waals surface area (Å²) in [6, 6.07) is 1.79. The van der Waals surface area contributed by atoms with Crippen molar-refractivity contribution >= 4 is 11.8 Å². The number of aromatic amines is 1. The van der Waals surface area contributed by atoms with Crippen LogP contribution in [-0.4, -0.2) is 23.3 Å². The van der Waals surface area contributed by atoms with Gasteiger partial charge in [-0.1, -0.05) is 19.3 Å². The Bertz CT molecular complexity index is 444. The fraction of sp³-hybridized carbons (Fsp3) is 0.600. The normalized spacial score (nSPS) is 16.3. The average molecular weight is 263 g/mol. The van der Waals surface area contributed by atoms with Crippen molar-refractivity contribution in [3.05, 3.63) is 23.5 Å². The van der Waals surface area contributed by atoms with Gasteiger partial charge in [-0.2, -0.15) is 0 Å². The molecule has 0 unspecified atom stereocenters. The second-order valence-corrected chi connectivity index (χ2v) is 5.09. The monoisotopic (exact) mass is 263 g/mol. The van der Waals surface area contributed by atoms with Crippen molar-refractivity contribution in [1.29, 1.82) is 0 Å². The van der Waals surface area contributed by atoms with Crippen molar-refractivity contribution in [2.24, 2.45) is 5.92 Å². The highest BCUT2D eigenvalue weighted by Gasteiger charge is 2.23. The predicted molar refractivity (Wildman–Crippen MR) is 72.0 cm³/mol. The van der Waals surface area contributed by atoms with E-state index in [1.54, 1.807) is 19.2 Å². The summed E-state index contributed by atoms with van der Waals surface area (Å²) in [5.41, 5.74) is 1.45. The first-order valence-electron chi connectivity index (χ1n) is 7.08. The van der Waals surface area contributed by atoms with Gasteiger partial charge in [0.05, 0.1) is 13.0 Å². The van der Waals surface area contributed by atoms with Crippen LogP contribution < -0.4 is 0 Å². The molecule has 4 heteroatoms. The number of nitrogens with one attached hydrogen (secondary N) is 1. The molecule has 1 aromatic heterocycles. The van der Waals surface area contributed by atoms with E-state index in [4.69, 9.17) is 4.74 Å². The second-order valence-electron chi connectivity index (χ2n) is 5.09. The quantitative estimate of drug-likeness (QED) is 0.656. The maximum Gasteiger partial charge on any atom is 0.311 e. The van der Waals surface area contributed by atoms with E-state index >= 15 is 0 Å². The molecule has 104 valence electrons. The molecule has 1 heterocycles. The van der Waals surface area contributed by atoms with Crippen molar-refractivity contribution in [3.63, 3.8) is 0 Å². The van der Waals surface area contributed by atoms with Gasteiger partial charge in [0.2, 0.25) is 0 Å². The molecule has 0 spiro atoms. The highest BCUT2D eigenvalue weighted by molar-refractivity contribution is 5.98. The largest absolute Gasteiger partial charge is 0.466 e. The fourth-order valence-electron chi connectivity index (χ4n) is 2.65. The standard InChI is InChI=1S/C15H21NO3/c1-2-19-14(17)9-13-8-12(10-16-13)15(18)11-6-4-3-5-7-11/h8,10-11,16H,2-7,9H2,1H3. The molecule has 0 amide bonds. The molecule has 0 radical (unpaired) electrons. The van der Waals surface area contributed by atoms with Crippen molar-refractivity contribution in [2.45, 2.75) is 45.4 Å². The smallest absolute Gasteiger partial charge is 0.311 e.